The van der Waals surface area contributed by atoms with Crippen LogP contribution in [0.3, 0.4) is 0 Å². The molecule has 1 aromatic rings. The van der Waals surface area contributed by atoms with E-state index in [1.165, 1.54) is 19.2 Å². The Morgan fingerprint density at radius 1 is 1.44 bits per heavy atom. The van der Waals surface area contributed by atoms with Gasteiger partial charge in [-0.05, 0) is 13.8 Å². The zero-order chi connectivity index (χ0) is 19.0. The van der Waals surface area contributed by atoms with E-state index in [1.54, 1.807) is 0 Å². The second-order valence-corrected chi connectivity index (χ2v) is 6.76. The third-order valence-electron chi connectivity index (χ3n) is 3.74. The number of hydrogen-bond donors (Lipinski definition) is 2. The first-order valence-corrected chi connectivity index (χ1v) is 8.19. The zero-order valence-corrected chi connectivity index (χ0v) is 14.2. The first-order valence-electron chi connectivity index (χ1n) is 7.32. The summed E-state index contributed by atoms with van der Waals surface area (Å²) in [5, 5.41) is 19.9. The molecule has 1 amide bonds. The fraction of sp³-hybridized carbons (Fsp3) is 0.643. The normalized spacial score (nSPS) is 24.0. The molecule has 1 fully saturated rings. The molecule has 0 radical (unpaired) electrons. The molecule has 1 aliphatic heterocycles. The molecule has 0 bridgehead atoms. The highest BCUT2D eigenvalue weighted by molar-refractivity contribution is 7.09. The van der Waals surface area contributed by atoms with Gasteiger partial charge in [-0.15, -0.1) is 11.3 Å². The Bertz CT molecular complexity index is 665. The number of carbonyl (C=O) groups excluding carboxylic acids is 1. The molecule has 2 heterocycles. The van der Waals surface area contributed by atoms with E-state index in [-0.39, 0.29) is 13.1 Å². The van der Waals surface area contributed by atoms with Crippen molar-refractivity contribution in [1.82, 2.24) is 9.88 Å². The number of aromatic nitrogens is 1. The largest absolute Gasteiger partial charge is 0.479 e. The number of hydrogen-bond acceptors (Lipinski definition) is 6. The van der Waals surface area contributed by atoms with E-state index in [9.17, 15) is 27.9 Å². The lowest BCUT2D eigenvalue weighted by atomic mass is 9.98. The highest BCUT2D eigenvalue weighted by Gasteiger charge is 2.58. The number of aliphatic carboxylic acids is 1. The van der Waals surface area contributed by atoms with Crippen molar-refractivity contribution in [3.8, 4) is 0 Å². The number of rotatable bonds is 4. The Morgan fingerprint density at radius 3 is 2.56 bits per heavy atom. The van der Waals surface area contributed by atoms with Crippen LogP contribution in [0.1, 0.15) is 24.0 Å². The van der Waals surface area contributed by atoms with Crippen LogP contribution < -0.4 is 0 Å². The lowest BCUT2D eigenvalue weighted by Crippen LogP contribution is -2.54. The first kappa shape index (κ1) is 19.6. The molecule has 7 nitrogen and oxygen atoms in total. The van der Waals surface area contributed by atoms with Crippen molar-refractivity contribution in [2.24, 2.45) is 0 Å². The second kappa shape index (κ2) is 6.89. The number of halogens is 3. The van der Waals surface area contributed by atoms with Crippen molar-refractivity contribution >= 4 is 23.2 Å². The summed E-state index contributed by atoms with van der Waals surface area (Å²) in [6, 6.07) is 0. The third kappa shape index (κ3) is 4.10. The van der Waals surface area contributed by atoms with Gasteiger partial charge in [0.15, 0.2) is 6.10 Å². The standard InChI is InChI=1S/C14H17F3N2O5S/c1-7-6-25-12(18-7)13(23,14(15,16)17)3-10(20)19-4-8(2)24-9(5-19)11(21)22/h6,8-9,23H,3-5H2,1-2H3,(H,21,22)/t8-,9?,13?/m1/s1. The third-order valence-corrected chi connectivity index (χ3v) is 4.85. The number of aryl methyl sites for hydroxylation is 1. The van der Waals surface area contributed by atoms with Crippen LogP contribution in [-0.2, 0) is 19.9 Å². The molecule has 3 atom stereocenters. The van der Waals surface area contributed by atoms with Gasteiger partial charge in [-0.25, -0.2) is 9.78 Å². The number of carboxylic acids is 1. The van der Waals surface area contributed by atoms with E-state index in [1.807, 2.05) is 0 Å². The molecule has 1 aromatic heterocycles. The maximum absolute atomic E-state index is 13.4. The van der Waals surface area contributed by atoms with Gasteiger partial charge in [0.05, 0.1) is 19.1 Å². The van der Waals surface area contributed by atoms with Gasteiger partial charge in [0.25, 0.3) is 0 Å². The van der Waals surface area contributed by atoms with Crippen molar-refractivity contribution in [1.29, 1.82) is 0 Å². The lowest BCUT2D eigenvalue weighted by molar-refractivity contribution is -0.268. The Balaban J connectivity index is 2.24. The summed E-state index contributed by atoms with van der Waals surface area (Å²) >= 11 is 0.607. The van der Waals surface area contributed by atoms with Crippen LogP contribution >= 0.6 is 11.3 Å². The van der Waals surface area contributed by atoms with Crippen molar-refractivity contribution in [2.45, 2.75) is 44.3 Å². The van der Waals surface area contributed by atoms with Crippen LogP contribution in [-0.4, -0.2) is 63.4 Å². The van der Waals surface area contributed by atoms with Crippen molar-refractivity contribution in [2.75, 3.05) is 13.1 Å². The summed E-state index contributed by atoms with van der Waals surface area (Å²) in [4.78, 5) is 28.0. The Morgan fingerprint density at radius 2 is 2.08 bits per heavy atom. The van der Waals surface area contributed by atoms with Crippen LogP contribution in [0.25, 0.3) is 0 Å². The molecule has 1 saturated heterocycles. The minimum atomic E-state index is -5.11. The number of carbonyl (C=O) groups is 2. The topological polar surface area (TPSA) is 100.0 Å². The van der Waals surface area contributed by atoms with Crippen molar-refractivity contribution < 1.29 is 37.7 Å². The van der Waals surface area contributed by atoms with Gasteiger partial charge in [0, 0.05) is 17.6 Å². The molecule has 140 valence electrons. The molecule has 2 N–H and O–H groups in total. The molecular formula is C14H17F3N2O5S. The minimum Gasteiger partial charge on any atom is -0.479 e. The Labute approximate surface area is 145 Å². The lowest BCUT2D eigenvalue weighted by Gasteiger charge is -2.37. The average molecular weight is 382 g/mol. The molecule has 0 saturated carbocycles. The number of ether oxygens (including phenoxy) is 1. The van der Waals surface area contributed by atoms with Crippen molar-refractivity contribution in [3.63, 3.8) is 0 Å². The van der Waals surface area contributed by atoms with Crippen LogP contribution in [0.4, 0.5) is 13.2 Å². The molecule has 0 spiro atoms. The van der Waals surface area contributed by atoms with Gasteiger partial charge in [-0.3, -0.25) is 4.79 Å². The Hall–Kier alpha value is -1.72. The summed E-state index contributed by atoms with van der Waals surface area (Å²) in [5.41, 5.74) is -3.13. The maximum Gasteiger partial charge on any atom is 0.424 e. The quantitative estimate of drug-likeness (QED) is 0.814. The second-order valence-electron chi connectivity index (χ2n) is 5.90. The molecule has 11 heteroatoms. The first-order chi connectivity index (χ1) is 11.4. The Kier molecular flexibility index (Phi) is 5.40. The average Bonchev–Trinajstić information content (AvgIpc) is 2.92. The van der Waals surface area contributed by atoms with Crippen LogP contribution in [0.2, 0.25) is 0 Å². The number of aliphatic hydroxyl groups is 1. The molecule has 0 aromatic carbocycles. The number of morpholine rings is 1. The SMILES string of the molecule is Cc1csc(C(O)(CC(=O)N2CC(C(=O)O)O[C@H](C)C2)C(F)(F)F)n1. The molecule has 2 rings (SSSR count). The predicted molar refractivity (Wildman–Crippen MR) is 80.0 cm³/mol. The summed E-state index contributed by atoms with van der Waals surface area (Å²) in [6.45, 7) is 2.53. The van der Waals surface area contributed by atoms with Gasteiger partial charge in [-0.2, -0.15) is 13.2 Å². The summed E-state index contributed by atoms with van der Waals surface area (Å²) in [6.07, 6.45) is -8.37. The molecule has 25 heavy (non-hydrogen) atoms. The number of nitrogens with zero attached hydrogens (tertiary/aromatic N) is 2. The van der Waals surface area contributed by atoms with E-state index in [0.29, 0.717) is 17.0 Å². The van der Waals surface area contributed by atoms with Gasteiger partial charge in [0.2, 0.25) is 11.5 Å². The molecule has 1 aliphatic rings. The van der Waals surface area contributed by atoms with Gasteiger partial charge >= 0.3 is 12.1 Å². The number of alkyl halides is 3. The fourth-order valence-corrected chi connectivity index (χ4v) is 3.38. The maximum atomic E-state index is 13.4. The highest BCUT2D eigenvalue weighted by Crippen LogP contribution is 2.43. The number of carboxylic acid groups (broad SMARTS) is 1. The highest BCUT2D eigenvalue weighted by atomic mass is 32.1. The van der Waals surface area contributed by atoms with Crippen LogP contribution in [0.5, 0.6) is 0 Å². The van der Waals surface area contributed by atoms with Gasteiger partial charge in [-0.1, -0.05) is 0 Å². The monoisotopic (exact) mass is 382 g/mol. The predicted octanol–water partition coefficient (Wildman–Crippen LogP) is 1.29. The number of amides is 1. The van der Waals surface area contributed by atoms with Gasteiger partial charge in [0.1, 0.15) is 5.01 Å². The van der Waals surface area contributed by atoms with Crippen LogP contribution in [0.15, 0.2) is 5.38 Å². The zero-order valence-electron chi connectivity index (χ0n) is 13.4. The molecular weight excluding hydrogens is 365 g/mol. The van der Waals surface area contributed by atoms with Crippen LogP contribution in [0, 0.1) is 6.92 Å². The van der Waals surface area contributed by atoms with E-state index in [2.05, 4.69) is 4.98 Å². The smallest absolute Gasteiger partial charge is 0.424 e. The van der Waals surface area contributed by atoms with E-state index < -0.39 is 47.3 Å². The fourth-order valence-electron chi connectivity index (χ4n) is 2.46. The van der Waals surface area contributed by atoms with E-state index in [0.717, 1.165) is 4.90 Å². The molecule has 2 unspecified atom stereocenters. The molecule has 0 aliphatic carbocycles. The van der Waals surface area contributed by atoms with E-state index >= 15 is 0 Å². The van der Waals surface area contributed by atoms with Crippen molar-refractivity contribution in [3.05, 3.63) is 16.1 Å². The van der Waals surface area contributed by atoms with E-state index in [4.69, 9.17) is 9.84 Å². The summed E-state index contributed by atoms with van der Waals surface area (Å²) in [7, 11) is 0. The number of thiazole rings is 1. The summed E-state index contributed by atoms with van der Waals surface area (Å²) in [5.74, 6) is -2.33. The minimum absolute atomic E-state index is 0.0621. The summed E-state index contributed by atoms with van der Waals surface area (Å²) < 4.78 is 45.4. The van der Waals surface area contributed by atoms with Gasteiger partial charge < -0.3 is 19.8 Å².